The maximum Gasteiger partial charge on any atom is 0.319 e. The van der Waals surface area contributed by atoms with Gasteiger partial charge in [-0.2, -0.15) is 0 Å². The standard InChI is InChI=1S/C19H18ClN3O/c20-13-6-7-17-15(10-13)16(11-21-17)19(8-9-19)12-22-18(24)23-14-4-2-1-3-5-14/h1-7,10-11,21H,8-9,12H2,(H2,22,23,24). The summed E-state index contributed by atoms with van der Waals surface area (Å²) in [6, 6.07) is 15.1. The average Bonchev–Trinajstić information content (AvgIpc) is 3.26. The van der Waals surface area contributed by atoms with Gasteiger partial charge in [0.15, 0.2) is 0 Å². The number of amides is 2. The maximum atomic E-state index is 12.1. The molecule has 0 atom stereocenters. The molecular weight excluding hydrogens is 322 g/mol. The minimum Gasteiger partial charge on any atom is -0.361 e. The fourth-order valence-electron chi connectivity index (χ4n) is 3.17. The smallest absolute Gasteiger partial charge is 0.319 e. The van der Waals surface area contributed by atoms with Crippen LogP contribution >= 0.6 is 11.6 Å². The first kappa shape index (κ1) is 15.1. The van der Waals surface area contributed by atoms with Gasteiger partial charge >= 0.3 is 6.03 Å². The van der Waals surface area contributed by atoms with Crippen molar-refractivity contribution < 1.29 is 4.79 Å². The number of carbonyl (C=O) groups excluding carboxylic acids is 1. The summed E-state index contributed by atoms with van der Waals surface area (Å²) < 4.78 is 0. The van der Waals surface area contributed by atoms with Gasteiger partial charge in [-0.1, -0.05) is 29.8 Å². The summed E-state index contributed by atoms with van der Waals surface area (Å²) in [6.07, 6.45) is 4.18. The second-order valence-electron chi connectivity index (χ2n) is 6.35. The van der Waals surface area contributed by atoms with Gasteiger partial charge in [0.25, 0.3) is 0 Å². The molecule has 0 aliphatic heterocycles. The molecule has 1 saturated carbocycles. The van der Waals surface area contributed by atoms with Crippen molar-refractivity contribution in [3.8, 4) is 0 Å². The Morgan fingerprint density at radius 3 is 2.71 bits per heavy atom. The van der Waals surface area contributed by atoms with E-state index in [1.54, 1.807) is 0 Å². The summed E-state index contributed by atoms with van der Waals surface area (Å²) >= 11 is 6.14. The highest BCUT2D eigenvalue weighted by atomic mass is 35.5. The molecule has 3 aromatic rings. The van der Waals surface area contributed by atoms with Crippen LogP contribution in [0.4, 0.5) is 10.5 Å². The van der Waals surface area contributed by atoms with E-state index in [1.807, 2.05) is 54.7 Å². The van der Waals surface area contributed by atoms with Crippen molar-refractivity contribution in [2.24, 2.45) is 0 Å². The fraction of sp³-hybridized carbons (Fsp3) is 0.211. The van der Waals surface area contributed by atoms with Crippen LogP contribution in [0.15, 0.2) is 54.7 Å². The van der Waals surface area contributed by atoms with Crippen molar-refractivity contribution in [1.82, 2.24) is 10.3 Å². The van der Waals surface area contributed by atoms with E-state index in [0.29, 0.717) is 6.54 Å². The molecule has 1 aliphatic rings. The van der Waals surface area contributed by atoms with Gasteiger partial charge in [-0.25, -0.2) is 4.79 Å². The molecule has 24 heavy (non-hydrogen) atoms. The molecule has 0 saturated heterocycles. The molecule has 0 spiro atoms. The van der Waals surface area contributed by atoms with Crippen molar-refractivity contribution in [2.75, 3.05) is 11.9 Å². The van der Waals surface area contributed by atoms with Crippen molar-refractivity contribution in [3.63, 3.8) is 0 Å². The zero-order valence-electron chi connectivity index (χ0n) is 13.1. The molecule has 1 fully saturated rings. The number of hydrogen-bond donors (Lipinski definition) is 3. The molecule has 1 aromatic heterocycles. The van der Waals surface area contributed by atoms with Gasteiger partial charge in [0, 0.05) is 39.8 Å². The lowest BCUT2D eigenvalue weighted by Gasteiger charge is -2.16. The molecule has 5 heteroatoms. The monoisotopic (exact) mass is 339 g/mol. The molecule has 4 rings (SSSR count). The van der Waals surface area contributed by atoms with Crippen LogP contribution in [0.3, 0.4) is 0 Å². The van der Waals surface area contributed by atoms with Gasteiger partial charge < -0.3 is 15.6 Å². The zero-order chi connectivity index (χ0) is 16.6. The lowest BCUT2D eigenvalue weighted by Crippen LogP contribution is -2.35. The van der Waals surface area contributed by atoms with Gasteiger partial charge in [-0.05, 0) is 48.7 Å². The molecule has 1 heterocycles. The van der Waals surface area contributed by atoms with E-state index in [4.69, 9.17) is 11.6 Å². The highest BCUT2D eigenvalue weighted by molar-refractivity contribution is 6.31. The highest BCUT2D eigenvalue weighted by Gasteiger charge is 2.45. The van der Waals surface area contributed by atoms with Crippen LogP contribution in [0, 0.1) is 0 Å². The summed E-state index contributed by atoms with van der Waals surface area (Å²) in [6.45, 7) is 0.616. The van der Waals surface area contributed by atoms with Crippen LogP contribution in [-0.2, 0) is 5.41 Å². The number of carbonyl (C=O) groups is 1. The lowest BCUT2D eigenvalue weighted by molar-refractivity contribution is 0.251. The van der Waals surface area contributed by atoms with Crippen LogP contribution < -0.4 is 10.6 Å². The maximum absolute atomic E-state index is 12.1. The van der Waals surface area contributed by atoms with Crippen LogP contribution in [0.2, 0.25) is 5.02 Å². The summed E-state index contributed by atoms with van der Waals surface area (Å²) in [5.74, 6) is 0. The van der Waals surface area contributed by atoms with E-state index in [0.717, 1.165) is 34.5 Å². The number of hydrogen-bond acceptors (Lipinski definition) is 1. The van der Waals surface area contributed by atoms with Crippen molar-refractivity contribution in [3.05, 3.63) is 65.3 Å². The van der Waals surface area contributed by atoms with Crippen LogP contribution in [0.25, 0.3) is 10.9 Å². The zero-order valence-corrected chi connectivity index (χ0v) is 13.9. The molecule has 4 nitrogen and oxygen atoms in total. The minimum atomic E-state index is -0.176. The number of H-pyrrole nitrogens is 1. The number of urea groups is 1. The Labute approximate surface area is 145 Å². The van der Waals surface area contributed by atoms with E-state index in [1.165, 1.54) is 5.56 Å². The van der Waals surface area contributed by atoms with Gasteiger partial charge in [0.05, 0.1) is 0 Å². The van der Waals surface area contributed by atoms with E-state index < -0.39 is 0 Å². The Bertz CT molecular complexity index is 884. The van der Waals surface area contributed by atoms with Crippen molar-refractivity contribution >= 4 is 34.2 Å². The SMILES string of the molecule is O=C(NCC1(c2c[nH]c3ccc(Cl)cc23)CC1)Nc1ccccc1. The molecule has 0 bridgehead atoms. The predicted octanol–water partition coefficient (Wildman–Crippen LogP) is 4.67. The third-order valence-electron chi connectivity index (χ3n) is 4.69. The van der Waals surface area contributed by atoms with E-state index >= 15 is 0 Å². The number of benzene rings is 2. The van der Waals surface area contributed by atoms with Crippen LogP contribution in [0.5, 0.6) is 0 Å². The molecule has 2 aromatic carbocycles. The second-order valence-corrected chi connectivity index (χ2v) is 6.78. The number of nitrogens with one attached hydrogen (secondary N) is 3. The largest absolute Gasteiger partial charge is 0.361 e. The first-order chi connectivity index (χ1) is 11.7. The third kappa shape index (κ3) is 2.85. The number of halogens is 1. The van der Waals surface area contributed by atoms with Crippen LogP contribution in [0.1, 0.15) is 18.4 Å². The minimum absolute atomic E-state index is 0.0109. The van der Waals surface area contributed by atoms with E-state index in [2.05, 4.69) is 15.6 Å². The number of anilines is 1. The Morgan fingerprint density at radius 1 is 1.17 bits per heavy atom. The lowest BCUT2D eigenvalue weighted by atomic mass is 9.95. The van der Waals surface area contributed by atoms with E-state index in [-0.39, 0.29) is 11.4 Å². The molecule has 2 amide bonds. The van der Waals surface area contributed by atoms with E-state index in [9.17, 15) is 4.79 Å². The Kier molecular flexibility index (Phi) is 3.69. The highest BCUT2D eigenvalue weighted by Crippen LogP contribution is 2.50. The van der Waals surface area contributed by atoms with Crippen LogP contribution in [-0.4, -0.2) is 17.6 Å². The molecule has 0 unspecified atom stereocenters. The topological polar surface area (TPSA) is 56.9 Å². The summed E-state index contributed by atoms with van der Waals surface area (Å²) in [5, 5.41) is 7.73. The molecule has 122 valence electrons. The van der Waals surface area contributed by atoms with Gasteiger partial charge in [0.1, 0.15) is 0 Å². The normalized spacial score (nSPS) is 15.2. The second kappa shape index (κ2) is 5.87. The first-order valence-corrected chi connectivity index (χ1v) is 8.41. The molecule has 3 N–H and O–H groups in total. The Morgan fingerprint density at radius 2 is 1.96 bits per heavy atom. The van der Waals surface area contributed by atoms with Gasteiger partial charge in [-0.3, -0.25) is 0 Å². The molecule has 0 radical (unpaired) electrons. The number of para-hydroxylation sites is 1. The van der Waals surface area contributed by atoms with Crippen molar-refractivity contribution in [1.29, 1.82) is 0 Å². The number of fused-ring (bicyclic) bond motifs is 1. The summed E-state index contributed by atoms with van der Waals surface area (Å²) in [7, 11) is 0. The first-order valence-electron chi connectivity index (χ1n) is 8.03. The molecular formula is C19H18ClN3O. The number of aromatic amines is 1. The summed E-state index contributed by atoms with van der Waals surface area (Å²) in [4.78, 5) is 15.4. The predicted molar refractivity (Wildman–Crippen MR) is 97.7 cm³/mol. The third-order valence-corrected chi connectivity index (χ3v) is 4.92. The van der Waals surface area contributed by atoms with Gasteiger partial charge in [-0.15, -0.1) is 0 Å². The Hall–Kier alpha value is -2.46. The number of aromatic nitrogens is 1. The average molecular weight is 340 g/mol. The molecule has 1 aliphatic carbocycles. The van der Waals surface area contributed by atoms with Crippen molar-refractivity contribution in [2.45, 2.75) is 18.3 Å². The Balaban J connectivity index is 1.47. The quantitative estimate of drug-likeness (QED) is 0.635. The fourth-order valence-corrected chi connectivity index (χ4v) is 3.34. The number of rotatable bonds is 4. The summed E-state index contributed by atoms with van der Waals surface area (Å²) in [5.41, 5.74) is 3.12. The van der Waals surface area contributed by atoms with Gasteiger partial charge in [0.2, 0.25) is 0 Å².